The van der Waals surface area contributed by atoms with E-state index in [1.807, 2.05) is 13.8 Å². The Balaban J connectivity index is 2.91. The molecule has 1 saturated heterocycles. The van der Waals surface area contributed by atoms with Gasteiger partial charge in [-0.1, -0.05) is 13.8 Å². The standard InChI is InChI=1S/C18H31N5O6/c1-9(2)7-11(19)15(25)22-12(8-14(20)24)17(27)23-6-4-5-13(23)16(26)21-10(3)18(28)29/h9-13H,4-8,19H2,1-3H3,(H2,20,24)(H,21,26)(H,22,25)(H,28,29). The summed E-state index contributed by atoms with van der Waals surface area (Å²) in [6.07, 6.45) is 0.823. The number of amides is 4. The number of nitrogens with one attached hydrogen (secondary N) is 2. The molecule has 7 N–H and O–H groups in total. The van der Waals surface area contributed by atoms with Gasteiger partial charge in [-0.2, -0.15) is 0 Å². The lowest BCUT2D eigenvalue weighted by Crippen LogP contribution is -2.57. The molecule has 4 unspecified atom stereocenters. The first-order valence-electron chi connectivity index (χ1n) is 9.61. The Morgan fingerprint density at radius 2 is 1.76 bits per heavy atom. The fourth-order valence-electron chi connectivity index (χ4n) is 3.17. The lowest BCUT2D eigenvalue weighted by atomic mass is 10.0. The molecule has 0 saturated carbocycles. The van der Waals surface area contributed by atoms with Crippen LogP contribution in [0.25, 0.3) is 0 Å². The summed E-state index contributed by atoms with van der Waals surface area (Å²) in [6, 6.07) is -4.10. The summed E-state index contributed by atoms with van der Waals surface area (Å²) in [4.78, 5) is 61.3. The highest BCUT2D eigenvalue weighted by Gasteiger charge is 2.39. The highest BCUT2D eigenvalue weighted by atomic mass is 16.4. The number of hydrogen-bond acceptors (Lipinski definition) is 6. The number of nitrogens with zero attached hydrogens (tertiary/aromatic N) is 1. The van der Waals surface area contributed by atoms with Crippen LogP contribution in [0.2, 0.25) is 0 Å². The van der Waals surface area contributed by atoms with Gasteiger partial charge in [-0.3, -0.25) is 24.0 Å². The number of likely N-dealkylation sites (tertiary alicyclic amines) is 1. The summed E-state index contributed by atoms with van der Waals surface area (Å²) in [5.41, 5.74) is 11.1. The number of carbonyl (C=O) groups excluding carboxylic acids is 4. The van der Waals surface area contributed by atoms with E-state index in [0.717, 1.165) is 0 Å². The van der Waals surface area contributed by atoms with Gasteiger partial charge < -0.3 is 32.1 Å². The van der Waals surface area contributed by atoms with Crippen molar-refractivity contribution >= 4 is 29.6 Å². The van der Waals surface area contributed by atoms with Crippen LogP contribution >= 0.6 is 0 Å². The quantitative estimate of drug-likeness (QED) is 0.282. The maximum atomic E-state index is 13.0. The fourth-order valence-corrected chi connectivity index (χ4v) is 3.17. The average Bonchev–Trinajstić information content (AvgIpc) is 3.08. The number of carboxylic acids is 1. The van der Waals surface area contributed by atoms with Crippen LogP contribution in [0.3, 0.4) is 0 Å². The van der Waals surface area contributed by atoms with Crippen LogP contribution in [-0.4, -0.2) is 70.3 Å². The van der Waals surface area contributed by atoms with Crippen LogP contribution in [-0.2, 0) is 24.0 Å². The molecule has 0 radical (unpaired) electrons. The molecule has 1 aliphatic heterocycles. The minimum atomic E-state index is -1.25. The summed E-state index contributed by atoms with van der Waals surface area (Å²) in [7, 11) is 0. The van der Waals surface area contributed by atoms with Gasteiger partial charge in [0.25, 0.3) is 0 Å². The lowest BCUT2D eigenvalue weighted by molar-refractivity contribution is -0.145. The SMILES string of the molecule is CC(C)CC(N)C(=O)NC(CC(N)=O)C(=O)N1CCCC1C(=O)NC(C)C(=O)O. The van der Waals surface area contributed by atoms with Crippen molar-refractivity contribution in [2.75, 3.05) is 6.54 Å². The van der Waals surface area contributed by atoms with Crippen molar-refractivity contribution in [3.8, 4) is 0 Å². The smallest absolute Gasteiger partial charge is 0.325 e. The highest BCUT2D eigenvalue weighted by molar-refractivity contribution is 5.96. The molecule has 0 spiro atoms. The zero-order valence-corrected chi connectivity index (χ0v) is 17.0. The summed E-state index contributed by atoms with van der Waals surface area (Å²) in [5.74, 6) is -3.66. The molecule has 11 heteroatoms. The highest BCUT2D eigenvalue weighted by Crippen LogP contribution is 2.19. The first kappa shape index (κ1) is 24.3. The van der Waals surface area contributed by atoms with E-state index in [2.05, 4.69) is 10.6 Å². The van der Waals surface area contributed by atoms with Gasteiger partial charge in [0.15, 0.2) is 0 Å². The molecule has 1 fully saturated rings. The average molecular weight is 413 g/mol. The Kier molecular flexibility index (Phi) is 9.02. The molecule has 1 rings (SSSR count). The zero-order chi connectivity index (χ0) is 22.3. The molecule has 0 aromatic rings. The van der Waals surface area contributed by atoms with Gasteiger partial charge in [0.1, 0.15) is 18.1 Å². The van der Waals surface area contributed by atoms with Crippen molar-refractivity contribution in [2.24, 2.45) is 17.4 Å². The van der Waals surface area contributed by atoms with Crippen LogP contribution in [0.4, 0.5) is 0 Å². The lowest BCUT2D eigenvalue weighted by Gasteiger charge is -2.29. The van der Waals surface area contributed by atoms with Crippen LogP contribution < -0.4 is 22.1 Å². The van der Waals surface area contributed by atoms with Gasteiger partial charge in [0, 0.05) is 6.54 Å². The van der Waals surface area contributed by atoms with Crippen LogP contribution in [0.15, 0.2) is 0 Å². The van der Waals surface area contributed by atoms with Crippen LogP contribution in [0, 0.1) is 5.92 Å². The number of carbonyl (C=O) groups is 5. The molecule has 164 valence electrons. The Labute approximate surface area is 169 Å². The second kappa shape index (κ2) is 10.7. The summed E-state index contributed by atoms with van der Waals surface area (Å²) < 4.78 is 0. The molecule has 0 aromatic heterocycles. The van der Waals surface area contributed by atoms with Gasteiger partial charge in [-0.15, -0.1) is 0 Å². The predicted octanol–water partition coefficient (Wildman–Crippen LogP) is -1.70. The Hall–Kier alpha value is -2.69. The Bertz CT molecular complexity index is 653. The second-order valence-electron chi connectivity index (χ2n) is 7.73. The molecule has 0 aliphatic carbocycles. The third kappa shape index (κ3) is 7.33. The predicted molar refractivity (Wildman–Crippen MR) is 103 cm³/mol. The van der Waals surface area contributed by atoms with Gasteiger partial charge >= 0.3 is 5.97 Å². The van der Waals surface area contributed by atoms with Crippen molar-refractivity contribution in [2.45, 2.75) is 70.6 Å². The van der Waals surface area contributed by atoms with Crippen molar-refractivity contribution < 1.29 is 29.1 Å². The number of primary amides is 1. The van der Waals surface area contributed by atoms with Crippen LogP contribution in [0.5, 0.6) is 0 Å². The third-order valence-corrected chi connectivity index (χ3v) is 4.65. The van der Waals surface area contributed by atoms with E-state index in [1.165, 1.54) is 11.8 Å². The van der Waals surface area contributed by atoms with Crippen LogP contribution in [0.1, 0.15) is 46.5 Å². The molecular weight excluding hydrogens is 382 g/mol. The van der Waals surface area contributed by atoms with Gasteiger partial charge in [0.2, 0.25) is 23.6 Å². The maximum absolute atomic E-state index is 13.0. The molecule has 1 heterocycles. The van der Waals surface area contributed by atoms with Crippen molar-refractivity contribution in [1.29, 1.82) is 0 Å². The summed E-state index contributed by atoms with van der Waals surface area (Å²) in [6.45, 7) is 5.34. The fraction of sp³-hybridized carbons (Fsp3) is 0.722. The van der Waals surface area contributed by atoms with E-state index in [0.29, 0.717) is 19.3 Å². The number of aliphatic carboxylic acids is 1. The third-order valence-electron chi connectivity index (χ3n) is 4.65. The molecule has 4 amide bonds. The Morgan fingerprint density at radius 3 is 2.28 bits per heavy atom. The molecule has 29 heavy (non-hydrogen) atoms. The van der Waals surface area contributed by atoms with Crippen molar-refractivity contribution in [3.63, 3.8) is 0 Å². The number of carboxylic acid groups (broad SMARTS) is 1. The van der Waals surface area contributed by atoms with Gasteiger partial charge in [0.05, 0.1) is 12.5 Å². The topological polar surface area (TPSA) is 185 Å². The second-order valence-corrected chi connectivity index (χ2v) is 7.73. The molecule has 0 aromatic carbocycles. The van der Waals surface area contributed by atoms with E-state index in [9.17, 15) is 24.0 Å². The van der Waals surface area contributed by atoms with Crippen molar-refractivity contribution in [3.05, 3.63) is 0 Å². The molecule has 1 aliphatic rings. The normalized spacial score (nSPS) is 19.3. The largest absolute Gasteiger partial charge is 0.480 e. The van der Waals surface area contributed by atoms with E-state index in [4.69, 9.17) is 16.6 Å². The minimum Gasteiger partial charge on any atom is -0.480 e. The maximum Gasteiger partial charge on any atom is 0.325 e. The minimum absolute atomic E-state index is 0.156. The number of hydrogen-bond donors (Lipinski definition) is 5. The number of rotatable bonds is 10. The first-order chi connectivity index (χ1) is 13.4. The first-order valence-corrected chi connectivity index (χ1v) is 9.61. The van der Waals surface area contributed by atoms with Gasteiger partial charge in [-0.05, 0) is 32.1 Å². The molecule has 0 bridgehead atoms. The monoisotopic (exact) mass is 413 g/mol. The van der Waals surface area contributed by atoms with Crippen molar-refractivity contribution in [1.82, 2.24) is 15.5 Å². The molecular formula is C18H31N5O6. The van der Waals surface area contributed by atoms with E-state index < -0.39 is 60.2 Å². The Morgan fingerprint density at radius 1 is 1.14 bits per heavy atom. The van der Waals surface area contributed by atoms with E-state index in [-0.39, 0.29) is 12.5 Å². The van der Waals surface area contributed by atoms with E-state index >= 15 is 0 Å². The zero-order valence-electron chi connectivity index (χ0n) is 17.0. The molecule has 4 atom stereocenters. The summed E-state index contributed by atoms with van der Waals surface area (Å²) in [5, 5.41) is 13.7. The molecule has 11 nitrogen and oxygen atoms in total. The van der Waals surface area contributed by atoms with Gasteiger partial charge in [-0.25, -0.2) is 0 Å². The number of nitrogens with two attached hydrogens (primary N) is 2. The van der Waals surface area contributed by atoms with E-state index in [1.54, 1.807) is 0 Å². The summed E-state index contributed by atoms with van der Waals surface area (Å²) >= 11 is 0.